The molecule has 5 nitrogen and oxygen atoms in total. The Kier molecular flexibility index (Phi) is 5.27. The van der Waals surface area contributed by atoms with Crippen molar-refractivity contribution in [1.29, 1.82) is 5.26 Å². The van der Waals surface area contributed by atoms with E-state index in [-0.39, 0.29) is 18.1 Å². The summed E-state index contributed by atoms with van der Waals surface area (Å²) in [6.07, 6.45) is 5.58. The Balaban J connectivity index is 1.54. The molecule has 5 heteroatoms. The van der Waals surface area contributed by atoms with E-state index in [2.05, 4.69) is 31.0 Å². The summed E-state index contributed by atoms with van der Waals surface area (Å²) in [7, 11) is 0. The Morgan fingerprint density at radius 2 is 2.00 bits per heavy atom. The molecule has 150 valence electrons. The van der Waals surface area contributed by atoms with Crippen LogP contribution in [0.4, 0.5) is 0 Å². The van der Waals surface area contributed by atoms with E-state index in [0.29, 0.717) is 23.9 Å². The van der Waals surface area contributed by atoms with Gasteiger partial charge in [0, 0.05) is 23.4 Å². The van der Waals surface area contributed by atoms with Gasteiger partial charge in [-0.1, -0.05) is 17.7 Å². The second-order valence-electron chi connectivity index (χ2n) is 8.39. The number of hydrogen-bond donors (Lipinski definition) is 0. The van der Waals surface area contributed by atoms with Crippen molar-refractivity contribution in [1.82, 2.24) is 9.88 Å². The van der Waals surface area contributed by atoms with Crippen molar-refractivity contribution < 1.29 is 9.53 Å². The highest BCUT2D eigenvalue weighted by Gasteiger charge is 2.34. The van der Waals surface area contributed by atoms with Crippen LogP contribution in [-0.4, -0.2) is 34.5 Å². The lowest BCUT2D eigenvalue weighted by atomic mass is 9.96. The van der Waals surface area contributed by atoms with Gasteiger partial charge in [-0.2, -0.15) is 5.26 Å². The smallest absolute Gasteiger partial charge is 0.254 e. The van der Waals surface area contributed by atoms with Crippen LogP contribution in [-0.2, 0) is 0 Å². The highest BCUT2D eigenvalue weighted by atomic mass is 16.5. The minimum atomic E-state index is -0.120. The molecule has 2 heterocycles. The number of nitrogens with zero attached hydrogens (tertiary/aromatic N) is 3. The maximum atomic E-state index is 13.5. The summed E-state index contributed by atoms with van der Waals surface area (Å²) in [5.41, 5.74) is 4.56. The monoisotopic (exact) mass is 389 g/mol. The summed E-state index contributed by atoms with van der Waals surface area (Å²) in [6, 6.07) is 10.2. The van der Waals surface area contributed by atoms with Crippen LogP contribution in [0.2, 0.25) is 0 Å². The van der Waals surface area contributed by atoms with Gasteiger partial charge in [-0.15, -0.1) is 0 Å². The van der Waals surface area contributed by atoms with Crippen LogP contribution in [0.1, 0.15) is 71.1 Å². The fourth-order valence-electron chi connectivity index (χ4n) is 4.13. The number of benzene rings is 1. The number of amides is 1. The summed E-state index contributed by atoms with van der Waals surface area (Å²) in [5.74, 6) is 1.12. The molecular weight excluding hydrogens is 362 g/mol. The van der Waals surface area contributed by atoms with Gasteiger partial charge in [0.15, 0.2) is 0 Å². The van der Waals surface area contributed by atoms with E-state index in [1.54, 1.807) is 12.3 Å². The average Bonchev–Trinajstić information content (AvgIpc) is 3.56. The van der Waals surface area contributed by atoms with Gasteiger partial charge < -0.3 is 9.64 Å². The summed E-state index contributed by atoms with van der Waals surface area (Å²) in [5, 5.41) is 9.23. The SMILES string of the molecule is Cc1ccc(C(=O)N2C[C@H](Oc3nccc(C#N)c3C)CC[C@H]2C)c(C2CC2)c1. The first-order valence-electron chi connectivity index (χ1n) is 10.4. The third-order valence-corrected chi connectivity index (χ3v) is 6.11. The van der Waals surface area contributed by atoms with Crippen LogP contribution < -0.4 is 4.74 Å². The Labute approximate surface area is 172 Å². The molecule has 0 spiro atoms. The van der Waals surface area contributed by atoms with E-state index >= 15 is 0 Å². The number of carbonyl (C=O) groups is 1. The van der Waals surface area contributed by atoms with Crippen molar-refractivity contribution in [3.63, 3.8) is 0 Å². The summed E-state index contributed by atoms with van der Waals surface area (Å²) < 4.78 is 6.15. The molecule has 1 aliphatic carbocycles. The lowest BCUT2D eigenvalue weighted by molar-refractivity contribution is 0.0370. The lowest BCUT2D eigenvalue weighted by Gasteiger charge is -2.38. The Hall–Kier alpha value is -2.87. The average molecular weight is 389 g/mol. The minimum Gasteiger partial charge on any atom is -0.472 e. The maximum Gasteiger partial charge on any atom is 0.254 e. The van der Waals surface area contributed by atoms with Crippen molar-refractivity contribution in [3.8, 4) is 11.9 Å². The molecule has 1 aliphatic heterocycles. The van der Waals surface area contributed by atoms with Crippen molar-refractivity contribution in [2.45, 2.75) is 64.5 Å². The van der Waals surface area contributed by atoms with Gasteiger partial charge in [-0.25, -0.2) is 4.98 Å². The standard InChI is InChI=1S/C24H27N3O2/c1-15-4-9-21(22(12-15)18-6-7-18)24(28)27-14-20(8-5-16(27)2)29-23-17(3)19(13-25)10-11-26-23/h4,9-12,16,18,20H,5-8,14H2,1-3H3/t16-,20-/m1/s1. The van der Waals surface area contributed by atoms with Crippen LogP contribution in [0, 0.1) is 25.2 Å². The summed E-state index contributed by atoms with van der Waals surface area (Å²) in [6.45, 7) is 6.58. The quantitative estimate of drug-likeness (QED) is 0.771. The Morgan fingerprint density at radius 3 is 2.72 bits per heavy atom. The second-order valence-corrected chi connectivity index (χ2v) is 8.39. The van der Waals surface area contributed by atoms with Crippen LogP contribution >= 0.6 is 0 Å². The zero-order chi connectivity index (χ0) is 20.5. The molecular formula is C24H27N3O2. The molecule has 1 amide bonds. The number of hydrogen-bond acceptors (Lipinski definition) is 4. The lowest BCUT2D eigenvalue weighted by Crippen LogP contribution is -2.49. The molecule has 2 fully saturated rings. The third kappa shape index (κ3) is 3.98. The van der Waals surface area contributed by atoms with Gasteiger partial charge in [-0.3, -0.25) is 4.79 Å². The zero-order valence-corrected chi connectivity index (χ0v) is 17.3. The molecule has 0 bridgehead atoms. The van der Waals surface area contributed by atoms with Crippen LogP contribution in [0.5, 0.6) is 5.88 Å². The summed E-state index contributed by atoms with van der Waals surface area (Å²) in [4.78, 5) is 19.7. The number of nitriles is 1. The predicted octanol–water partition coefficient (Wildman–Crippen LogP) is 4.52. The molecule has 29 heavy (non-hydrogen) atoms. The van der Waals surface area contributed by atoms with E-state index in [0.717, 1.165) is 24.0 Å². The van der Waals surface area contributed by atoms with Gasteiger partial charge in [0.05, 0.1) is 18.2 Å². The van der Waals surface area contributed by atoms with Gasteiger partial charge in [0.2, 0.25) is 5.88 Å². The summed E-state index contributed by atoms with van der Waals surface area (Å²) >= 11 is 0. The van der Waals surface area contributed by atoms with Gasteiger partial charge >= 0.3 is 0 Å². The predicted molar refractivity (Wildman–Crippen MR) is 111 cm³/mol. The number of aryl methyl sites for hydroxylation is 1. The number of pyridine rings is 1. The number of piperidine rings is 1. The Bertz CT molecular complexity index is 975. The van der Waals surface area contributed by atoms with Gasteiger partial charge in [-0.05, 0) is 70.1 Å². The molecule has 0 N–H and O–H groups in total. The van der Waals surface area contributed by atoms with Gasteiger partial charge in [0.25, 0.3) is 5.91 Å². The highest BCUT2D eigenvalue weighted by Crippen LogP contribution is 2.42. The van der Waals surface area contributed by atoms with Crippen molar-refractivity contribution in [2.24, 2.45) is 0 Å². The maximum absolute atomic E-state index is 13.5. The molecule has 4 rings (SSSR count). The normalized spacial score (nSPS) is 21.5. The number of ether oxygens (including phenoxy) is 1. The fourth-order valence-corrected chi connectivity index (χ4v) is 4.13. The van der Waals surface area contributed by atoms with E-state index in [4.69, 9.17) is 4.74 Å². The largest absolute Gasteiger partial charge is 0.472 e. The van der Waals surface area contributed by atoms with Crippen LogP contribution in [0.3, 0.4) is 0 Å². The van der Waals surface area contributed by atoms with Crippen molar-refractivity contribution in [3.05, 3.63) is 58.3 Å². The molecule has 1 aromatic carbocycles. The molecule has 1 saturated carbocycles. The van der Waals surface area contributed by atoms with Crippen LogP contribution in [0.15, 0.2) is 30.5 Å². The third-order valence-electron chi connectivity index (χ3n) is 6.11. The molecule has 1 saturated heterocycles. The van der Waals surface area contributed by atoms with E-state index in [9.17, 15) is 10.1 Å². The number of aromatic nitrogens is 1. The number of carbonyl (C=O) groups excluding carboxylic acids is 1. The topological polar surface area (TPSA) is 66.2 Å². The van der Waals surface area contributed by atoms with Crippen LogP contribution in [0.25, 0.3) is 0 Å². The number of likely N-dealkylation sites (tertiary alicyclic amines) is 1. The highest BCUT2D eigenvalue weighted by molar-refractivity contribution is 5.96. The zero-order valence-electron chi connectivity index (χ0n) is 17.3. The minimum absolute atomic E-state index is 0.100. The van der Waals surface area contributed by atoms with E-state index in [1.807, 2.05) is 24.0 Å². The van der Waals surface area contributed by atoms with E-state index in [1.165, 1.54) is 24.0 Å². The van der Waals surface area contributed by atoms with E-state index < -0.39 is 0 Å². The van der Waals surface area contributed by atoms with Gasteiger partial charge in [0.1, 0.15) is 6.10 Å². The fraction of sp³-hybridized carbons (Fsp3) is 0.458. The molecule has 2 aromatic rings. The first-order chi connectivity index (χ1) is 14.0. The first-order valence-corrected chi connectivity index (χ1v) is 10.4. The molecule has 0 radical (unpaired) electrons. The van der Waals surface area contributed by atoms with Crippen molar-refractivity contribution in [2.75, 3.05) is 6.54 Å². The number of rotatable bonds is 4. The molecule has 2 atom stereocenters. The first kappa shape index (κ1) is 19.4. The molecule has 1 aromatic heterocycles. The second kappa shape index (κ2) is 7.87. The van der Waals surface area contributed by atoms with Crippen molar-refractivity contribution >= 4 is 5.91 Å². The molecule has 2 aliphatic rings. The Morgan fingerprint density at radius 1 is 1.21 bits per heavy atom. The molecule has 0 unspecified atom stereocenters.